The molecule has 44 heavy (non-hydrogen) atoms. The molecule has 5 heteroatoms. The molecule has 1 heterocycles. The number of carbonyl (C=O) groups excluding carboxylic acids is 1. The van der Waals surface area contributed by atoms with Crippen LogP contribution in [0.4, 0.5) is 0 Å². The molecule has 3 aliphatic carbocycles. The standard InChI is InChI=1S/C39H52O5/c1-24(2)31-16-10-28(6)39(7,23-43-30-13-11-29-12-18-38(41)44-36(29)21-30)35(31)17-19-37(40)42-22-27(5)33-15-9-26(4)32-14-8-25(3)20-34(32)33/h9,11-13,18,21,27-28,32-35H,3,8,10,14-17,19-20,22-23H2,1-2,4-7H3/t27-,28+,32-,33-,34+,35+,39+/m1/s1. The highest BCUT2D eigenvalue weighted by molar-refractivity contribution is 5.77. The van der Waals surface area contributed by atoms with Gasteiger partial charge in [-0.25, -0.2) is 4.79 Å². The molecule has 5 rings (SSSR count). The number of esters is 1. The molecule has 238 valence electrons. The number of ether oxygens (including phenoxy) is 2. The van der Waals surface area contributed by atoms with Gasteiger partial charge in [0.15, 0.2) is 0 Å². The first-order valence-corrected chi connectivity index (χ1v) is 16.8. The number of hydrogen-bond acceptors (Lipinski definition) is 5. The molecule has 0 spiro atoms. The van der Waals surface area contributed by atoms with E-state index in [9.17, 15) is 9.59 Å². The van der Waals surface area contributed by atoms with Crippen molar-refractivity contribution in [1.82, 2.24) is 0 Å². The number of carbonyl (C=O) groups is 1. The Morgan fingerprint density at radius 2 is 1.93 bits per heavy atom. The summed E-state index contributed by atoms with van der Waals surface area (Å²) < 4.78 is 17.8. The Morgan fingerprint density at radius 3 is 2.70 bits per heavy atom. The van der Waals surface area contributed by atoms with Crippen molar-refractivity contribution < 1.29 is 18.7 Å². The molecule has 3 aliphatic rings. The predicted molar refractivity (Wildman–Crippen MR) is 178 cm³/mol. The summed E-state index contributed by atoms with van der Waals surface area (Å²) in [6.45, 7) is 18.9. The molecule has 2 fully saturated rings. The van der Waals surface area contributed by atoms with E-state index >= 15 is 0 Å². The van der Waals surface area contributed by atoms with Gasteiger partial charge < -0.3 is 13.9 Å². The van der Waals surface area contributed by atoms with Gasteiger partial charge in [0.25, 0.3) is 0 Å². The molecule has 0 N–H and O–H groups in total. The largest absolute Gasteiger partial charge is 0.493 e. The Hall–Kier alpha value is -3.08. The van der Waals surface area contributed by atoms with Gasteiger partial charge in [-0.15, -0.1) is 0 Å². The quantitative estimate of drug-likeness (QED) is 0.163. The van der Waals surface area contributed by atoms with E-state index in [-0.39, 0.29) is 22.9 Å². The lowest BCUT2D eigenvalue weighted by Crippen LogP contribution is -2.44. The lowest BCUT2D eigenvalue weighted by molar-refractivity contribution is -0.146. The minimum atomic E-state index is -0.369. The van der Waals surface area contributed by atoms with Crippen LogP contribution in [0.25, 0.3) is 11.0 Å². The predicted octanol–water partition coefficient (Wildman–Crippen LogP) is 9.46. The zero-order valence-corrected chi connectivity index (χ0v) is 27.7. The van der Waals surface area contributed by atoms with E-state index in [1.807, 2.05) is 12.1 Å². The van der Waals surface area contributed by atoms with Crippen molar-refractivity contribution >= 4 is 16.9 Å². The fourth-order valence-corrected chi connectivity index (χ4v) is 8.48. The van der Waals surface area contributed by atoms with Gasteiger partial charge in [-0.2, -0.15) is 0 Å². The maximum atomic E-state index is 13.2. The maximum absolute atomic E-state index is 13.2. The van der Waals surface area contributed by atoms with Crippen LogP contribution in [0, 0.1) is 40.9 Å². The third-order valence-electron chi connectivity index (χ3n) is 11.5. The van der Waals surface area contributed by atoms with Crippen LogP contribution in [0.5, 0.6) is 5.75 Å². The fourth-order valence-electron chi connectivity index (χ4n) is 8.48. The smallest absolute Gasteiger partial charge is 0.336 e. The summed E-state index contributed by atoms with van der Waals surface area (Å²) in [7, 11) is 0. The first-order valence-electron chi connectivity index (χ1n) is 16.8. The lowest BCUT2D eigenvalue weighted by atomic mass is 9.58. The van der Waals surface area contributed by atoms with E-state index in [0.29, 0.717) is 60.6 Å². The topological polar surface area (TPSA) is 65.7 Å². The van der Waals surface area contributed by atoms with Crippen molar-refractivity contribution in [2.45, 2.75) is 92.9 Å². The lowest BCUT2D eigenvalue weighted by Gasteiger charge is -2.48. The van der Waals surface area contributed by atoms with Crippen LogP contribution < -0.4 is 10.4 Å². The SMILES string of the molecule is C=C1CC[C@@H]2C(C)=CC[C@H]([C@H](C)COC(=O)CC[C@H]3C(=C(C)C)CC[C@H](C)[C@]3(C)COc3ccc4ccc(=O)oc4c3)[C@H]2C1. The number of hydrogen-bond donors (Lipinski definition) is 0. The fraction of sp³-hybridized carbons (Fsp3) is 0.590. The van der Waals surface area contributed by atoms with Crippen LogP contribution >= 0.6 is 0 Å². The van der Waals surface area contributed by atoms with Crippen LogP contribution in [0.3, 0.4) is 0 Å². The first kappa shape index (κ1) is 32.3. The molecular formula is C39H52O5. The third kappa shape index (κ3) is 6.92. The summed E-state index contributed by atoms with van der Waals surface area (Å²) >= 11 is 0. The van der Waals surface area contributed by atoms with E-state index in [1.54, 1.807) is 17.7 Å². The minimum absolute atomic E-state index is 0.0943. The van der Waals surface area contributed by atoms with Crippen LogP contribution in [-0.2, 0) is 9.53 Å². The van der Waals surface area contributed by atoms with E-state index in [0.717, 1.165) is 43.9 Å². The molecule has 5 nitrogen and oxygen atoms in total. The summed E-state index contributed by atoms with van der Waals surface area (Å²) in [5, 5.41) is 0.866. The Morgan fingerprint density at radius 1 is 1.16 bits per heavy atom. The van der Waals surface area contributed by atoms with E-state index < -0.39 is 0 Å². The Bertz CT molecular complexity index is 1490. The Kier molecular flexibility index (Phi) is 9.92. The first-order chi connectivity index (χ1) is 21.0. The highest BCUT2D eigenvalue weighted by Gasteiger charge is 2.45. The van der Waals surface area contributed by atoms with Crippen molar-refractivity contribution in [3.05, 3.63) is 75.7 Å². The van der Waals surface area contributed by atoms with Crippen molar-refractivity contribution in [2.24, 2.45) is 40.9 Å². The van der Waals surface area contributed by atoms with Gasteiger partial charge in [0.05, 0.1) is 13.2 Å². The zero-order valence-electron chi connectivity index (χ0n) is 27.7. The Labute approximate surface area is 263 Å². The molecule has 7 atom stereocenters. The summed E-state index contributed by atoms with van der Waals surface area (Å²) in [5.41, 5.74) is 5.71. The maximum Gasteiger partial charge on any atom is 0.336 e. The van der Waals surface area contributed by atoms with Gasteiger partial charge in [-0.05, 0) is 119 Å². The summed E-state index contributed by atoms with van der Waals surface area (Å²) in [6, 6.07) is 8.86. The van der Waals surface area contributed by atoms with E-state index in [2.05, 4.69) is 54.2 Å². The average Bonchev–Trinajstić information content (AvgIpc) is 2.99. The summed E-state index contributed by atoms with van der Waals surface area (Å²) in [4.78, 5) is 25.0. The zero-order chi connectivity index (χ0) is 31.6. The molecule has 1 aromatic heterocycles. The normalized spacial score (nSPS) is 29.5. The second kappa shape index (κ2) is 13.5. The van der Waals surface area contributed by atoms with Gasteiger partial charge in [0.1, 0.15) is 11.3 Å². The molecular weight excluding hydrogens is 548 g/mol. The molecule has 0 bridgehead atoms. The number of fused-ring (bicyclic) bond motifs is 2. The minimum Gasteiger partial charge on any atom is -0.493 e. The second-order valence-corrected chi connectivity index (χ2v) is 14.6. The number of allylic oxidation sites excluding steroid dienone is 5. The third-order valence-corrected chi connectivity index (χ3v) is 11.5. The highest BCUT2D eigenvalue weighted by atomic mass is 16.5. The molecule has 1 aromatic carbocycles. The van der Waals surface area contributed by atoms with E-state index in [1.165, 1.54) is 29.2 Å². The van der Waals surface area contributed by atoms with Gasteiger partial charge in [-0.1, -0.05) is 55.7 Å². The monoisotopic (exact) mass is 600 g/mol. The Balaban J connectivity index is 1.23. The molecule has 2 aromatic rings. The summed E-state index contributed by atoms with van der Waals surface area (Å²) in [5.74, 6) is 3.38. The van der Waals surface area contributed by atoms with E-state index in [4.69, 9.17) is 13.9 Å². The van der Waals surface area contributed by atoms with Gasteiger partial charge in [0, 0.05) is 29.4 Å². The second-order valence-electron chi connectivity index (χ2n) is 14.6. The van der Waals surface area contributed by atoms with Crippen molar-refractivity contribution in [3.63, 3.8) is 0 Å². The number of benzene rings is 1. The van der Waals surface area contributed by atoms with Gasteiger partial charge >= 0.3 is 11.6 Å². The van der Waals surface area contributed by atoms with Crippen LogP contribution in [-0.4, -0.2) is 19.2 Å². The average molecular weight is 601 g/mol. The highest BCUT2D eigenvalue weighted by Crippen LogP contribution is 2.51. The van der Waals surface area contributed by atoms with Crippen LogP contribution in [0.2, 0.25) is 0 Å². The molecule has 0 radical (unpaired) electrons. The van der Waals surface area contributed by atoms with Crippen molar-refractivity contribution in [3.8, 4) is 5.75 Å². The van der Waals surface area contributed by atoms with Gasteiger partial charge in [0.2, 0.25) is 0 Å². The van der Waals surface area contributed by atoms with Gasteiger partial charge in [-0.3, -0.25) is 4.79 Å². The summed E-state index contributed by atoms with van der Waals surface area (Å²) in [6.07, 6.45) is 10.3. The molecule has 0 saturated heterocycles. The molecule has 0 aliphatic heterocycles. The van der Waals surface area contributed by atoms with Crippen molar-refractivity contribution in [1.29, 1.82) is 0 Å². The molecule has 0 unspecified atom stereocenters. The van der Waals surface area contributed by atoms with Crippen LogP contribution in [0.1, 0.15) is 92.9 Å². The van der Waals surface area contributed by atoms with Crippen LogP contribution in [0.15, 0.2) is 74.5 Å². The van der Waals surface area contributed by atoms with Crippen molar-refractivity contribution in [2.75, 3.05) is 13.2 Å². The molecule has 2 saturated carbocycles. The molecule has 0 amide bonds. The number of rotatable bonds is 9.